The zero-order valence-corrected chi connectivity index (χ0v) is 18.3. The Bertz CT molecular complexity index is 637. The average molecular weight is 425 g/mol. The van der Waals surface area contributed by atoms with Crippen LogP contribution in [0.2, 0.25) is 0 Å². The first-order chi connectivity index (χ1) is 13.6. The van der Waals surface area contributed by atoms with Crippen molar-refractivity contribution in [2.75, 3.05) is 0 Å². The highest BCUT2D eigenvalue weighted by Crippen LogP contribution is 2.68. The number of carboxylic acid groups (broad SMARTS) is 1. The molecule has 0 spiro atoms. The van der Waals surface area contributed by atoms with E-state index in [9.17, 15) is 20.1 Å². The minimum atomic E-state index is -0.748. The summed E-state index contributed by atoms with van der Waals surface area (Å²) in [5, 5.41) is 42.0. The SMILES string of the molecule is C.C[C@H](CCC(=O)O)[C@H]1CCC2C3C(O)CC4CC(O)CC[C@]4(C)C3CC(O)[C@@]21C. The lowest BCUT2D eigenvalue weighted by molar-refractivity contribution is -0.207. The zero-order valence-electron chi connectivity index (χ0n) is 18.3. The molecule has 0 amide bonds. The van der Waals surface area contributed by atoms with E-state index in [2.05, 4.69) is 20.8 Å². The van der Waals surface area contributed by atoms with E-state index < -0.39 is 12.1 Å². The van der Waals surface area contributed by atoms with Crippen LogP contribution in [0.5, 0.6) is 0 Å². The largest absolute Gasteiger partial charge is 0.481 e. The molecule has 4 aliphatic carbocycles. The van der Waals surface area contributed by atoms with Gasteiger partial charge in [-0.05, 0) is 97.7 Å². The van der Waals surface area contributed by atoms with E-state index in [1.165, 1.54) is 0 Å². The molecule has 4 saturated carbocycles. The quantitative estimate of drug-likeness (QED) is 0.545. The van der Waals surface area contributed by atoms with Crippen LogP contribution in [0, 0.1) is 46.3 Å². The lowest BCUT2D eigenvalue weighted by Gasteiger charge is -2.63. The van der Waals surface area contributed by atoms with Gasteiger partial charge in [-0.3, -0.25) is 4.79 Å². The summed E-state index contributed by atoms with van der Waals surface area (Å²) in [6, 6.07) is 0. The third-order valence-corrected chi connectivity index (χ3v) is 10.3. The Labute approximate surface area is 182 Å². The molecular formula is C25H44O5. The van der Waals surface area contributed by atoms with Gasteiger partial charge in [0.1, 0.15) is 0 Å². The van der Waals surface area contributed by atoms with Gasteiger partial charge < -0.3 is 20.4 Å². The van der Waals surface area contributed by atoms with E-state index in [-0.39, 0.29) is 48.7 Å². The van der Waals surface area contributed by atoms with E-state index in [1.54, 1.807) is 0 Å². The first-order valence-corrected chi connectivity index (χ1v) is 11.8. The van der Waals surface area contributed by atoms with Gasteiger partial charge >= 0.3 is 5.97 Å². The van der Waals surface area contributed by atoms with Crippen LogP contribution in [0.4, 0.5) is 0 Å². The molecule has 0 bridgehead atoms. The van der Waals surface area contributed by atoms with Crippen LogP contribution in [0.25, 0.3) is 0 Å². The first kappa shape index (κ1) is 24.0. The molecule has 5 nitrogen and oxygen atoms in total. The molecule has 5 heteroatoms. The Morgan fingerprint density at radius 3 is 2.40 bits per heavy atom. The minimum absolute atomic E-state index is 0. The molecule has 0 aromatic rings. The summed E-state index contributed by atoms with van der Waals surface area (Å²) in [5.41, 5.74) is -0.143. The Morgan fingerprint density at radius 1 is 1.03 bits per heavy atom. The average Bonchev–Trinajstić information content (AvgIpc) is 3.01. The Morgan fingerprint density at radius 2 is 1.73 bits per heavy atom. The number of aliphatic hydroxyl groups is 3. The second kappa shape index (κ2) is 8.37. The number of hydrogen-bond donors (Lipinski definition) is 4. The van der Waals surface area contributed by atoms with Crippen LogP contribution in [-0.4, -0.2) is 44.7 Å². The standard InChI is InChI=1S/C24H40O5.CH4/c1-13(4-7-21(28)29)16-5-6-17-22-18(12-20(27)24(16,17)3)23(2)9-8-15(25)10-14(23)11-19(22)26;/h13-20,22,25-27H,4-12H2,1-3H3,(H,28,29);1H4/t13-,14?,15?,16-,17?,18?,19?,20?,22?,23+,24-;/m1./s1. The number of aliphatic hydroxyl groups excluding tert-OH is 3. The third-order valence-electron chi connectivity index (χ3n) is 10.3. The van der Waals surface area contributed by atoms with Crippen molar-refractivity contribution in [1.82, 2.24) is 0 Å². The van der Waals surface area contributed by atoms with Gasteiger partial charge in [0.25, 0.3) is 0 Å². The van der Waals surface area contributed by atoms with Crippen LogP contribution in [-0.2, 0) is 4.79 Å². The van der Waals surface area contributed by atoms with E-state index in [1.807, 2.05) is 0 Å². The molecule has 0 saturated heterocycles. The van der Waals surface area contributed by atoms with Gasteiger partial charge in [-0.25, -0.2) is 0 Å². The molecule has 174 valence electrons. The fourth-order valence-corrected chi connectivity index (χ4v) is 8.68. The Kier molecular flexibility index (Phi) is 6.69. The highest BCUT2D eigenvalue weighted by atomic mass is 16.4. The number of carbonyl (C=O) groups is 1. The summed E-state index contributed by atoms with van der Waals surface area (Å²) >= 11 is 0. The molecule has 4 fully saturated rings. The summed E-state index contributed by atoms with van der Waals surface area (Å²) in [7, 11) is 0. The molecule has 11 atom stereocenters. The fourth-order valence-electron chi connectivity index (χ4n) is 8.68. The van der Waals surface area contributed by atoms with Gasteiger partial charge in [0, 0.05) is 6.42 Å². The van der Waals surface area contributed by atoms with Gasteiger partial charge in [0.05, 0.1) is 18.3 Å². The lowest BCUT2D eigenvalue weighted by atomic mass is 9.43. The molecule has 4 rings (SSSR count). The number of aliphatic carboxylic acids is 1. The lowest BCUT2D eigenvalue weighted by Crippen LogP contribution is -2.62. The molecule has 0 aliphatic heterocycles. The van der Waals surface area contributed by atoms with E-state index >= 15 is 0 Å². The van der Waals surface area contributed by atoms with Crippen molar-refractivity contribution in [1.29, 1.82) is 0 Å². The van der Waals surface area contributed by atoms with Crippen molar-refractivity contribution >= 4 is 5.97 Å². The molecule has 4 N–H and O–H groups in total. The Balaban J connectivity index is 0.00000256. The second-order valence-corrected chi connectivity index (χ2v) is 11.4. The van der Waals surface area contributed by atoms with Crippen molar-refractivity contribution in [2.45, 2.75) is 104 Å². The number of rotatable bonds is 4. The topological polar surface area (TPSA) is 98.0 Å². The van der Waals surface area contributed by atoms with Crippen LogP contribution in [0.3, 0.4) is 0 Å². The maximum Gasteiger partial charge on any atom is 0.303 e. The summed E-state index contributed by atoms with van der Waals surface area (Å²) in [6.07, 6.45) is 6.00. The third kappa shape index (κ3) is 3.53. The molecule has 7 unspecified atom stereocenters. The molecule has 0 aromatic heterocycles. The molecular weight excluding hydrogens is 380 g/mol. The van der Waals surface area contributed by atoms with Crippen LogP contribution >= 0.6 is 0 Å². The van der Waals surface area contributed by atoms with Gasteiger partial charge in [-0.1, -0.05) is 28.2 Å². The van der Waals surface area contributed by atoms with E-state index in [0.717, 1.165) is 44.9 Å². The monoisotopic (exact) mass is 424 g/mol. The van der Waals surface area contributed by atoms with Crippen molar-refractivity contribution in [3.8, 4) is 0 Å². The predicted octanol–water partition coefficient (Wildman–Crippen LogP) is 4.08. The Hall–Kier alpha value is -0.650. The van der Waals surface area contributed by atoms with Crippen molar-refractivity contribution in [3.63, 3.8) is 0 Å². The highest BCUT2D eigenvalue weighted by Gasteiger charge is 2.65. The van der Waals surface area contributed by atoms with Crippen LogP contribution < -0.4 is 0 Å². The van der Waals surface area contributed by atoms with Crippen molar-refractivity contribution in [2.24, 2.45) is 46.3 Å². The highest BCUT2D eigenvalue weighted by molar-refractivity contribution is 5.66. The maximum absolute atomic E-state index is 11.5. The van der Waals surface area contributed by atoms with Crippen LogP contribution in [0.15, 0.2) is 0 Å². The van der Waals surface area contributed by atoms with Crippen molar-refractivity contribution < 1.29 is 25.2 Å². The van der Waals surface area contributed by atoms with Gasteiger partial charge in [0.2, 0.25) is 0 Å². The predicted molar refractivity (Wildman–Crippen MR) is 117 cm³/mol. The maximum atomic E-state index is 11.5. The number of carboxylic acids is 1. The summed E-state index contributed by atoms with van der Waals surface area (Å²) in [4.78, 5) is 11.1. The smallest absolute Gasteiger partial charge is 0.303 e. The fraction of sp³-hybridized carbons (Fsp3) is 0.960. The minimum Gasteiger partial charge on any atom is -0.481 e. The second-order valence-electron chi connectivity index (χ2n) is 11.4. The normalized spacial score (nSPS) is 51.1. The molecule has 4 aliphatic rings. The van der Waals surface area contributed by atoms with E-state index in [4.69, 9.17) is 5.11 Å². The molecule has 30 heavy (non-hydrogen) atoms. The number of fused-ring (bicyclic) bond motifs is 5. The van der Waals surface area contributed by atoms with E-state index in [0.29, 0.717) is 30.1 Å². The number of hydrogen-bond acceptors (Lipinski definition) is 4. The molecule has 0 aromatic carbocycles. The first-order valence-electron chi connectivity index (χ1n) is 11.8. The van der Waals surface area contributed by atoms with Gasteiger partial charge in [0.15, 0.2) is 0 Å². The van der Waals surface area contributed by atoms with Crippen molar-refractivity contribution in [3.05, 3.63) is 0 Å². The molecule has 0 heterocycles. The van der Waals surface area contributed by atoms with Crippen LogP contribution in [0.1, 0.15) is 86.0 Å². The summed E-state index contributed by atoms with van der Waals surface area (Å²) in [5.74, 6) is 0.997. The summed E-state index contributed by atoms with van der Waals surface area (Å²) in [6.45, 7) is 6.72. The summed E-state index contributed by atoms with van der Waals surface area (Å²) < 4.78 is 0. The van der Waals surface area contributed by atoms with Gasteiger partial charge in [-0.2, -0.15) is 0 Å². The zero-order chi connectivity index (χ0) is 21.1. The molecule has 0 radical (unpaired) electrons. The van der Waals surface area contributed by atoms with Gasteiger partial charge in [-0.15, -0.1) is 0 Å².